The minimum absolute atomic E-state index is 0.154. The molecule has 0 bridgehead atoms. The van der Waals surface area contributed by atoms with Crippen LogP contribution in [0.3, 0.4) is 0 Å². The average Bonchev–Trinajstić information content (AvgIpc) is 3.74. The van der Waals surface area contributed by atoms with Gasteiger partial charge in [0.15, 0.2) is 23.3 Å². The second-order valence-corrected chi connectivity index (χ2v) is 10.5. The van der Waals surface area contributed by atoms with Crippen LogP contribution in [0.2, 0.25) is 0 Å². The first kappa shape index (κ1) is 26.6. The molecule has 1 aliphatic carbocycles. The molecule has 0 unspecified atom stereocenters. The van der Waals surface area contributed by atoms with Crippen LogP contribution < -0.4 is 10.6 Å². The highest BCUT2D eigenvalue weighted by Gasteiger charge is 2.43. The Morgan fingerprint density at radius 3 is 2.71 bits per heavy atom. The summed E-state index contributed by atoms with van der Waals surface area (Å²) < 4.78 is 20.5. The Labute approximate surface area is 235 Å². The number of aromatic amines is 2. The van der Waals surface area contributed by atoms with Crippen LogP contribution in [0.15, 0.2) is 49.2 Å². The van der Waals surface area contributed by atoms with Crippen molar-refractivity contribution in [2.24, 2.45) is 0 Å². The smallest absolute Gasteiger partial charge is 0.252 e. The van der Waals surface area contributed by atoms with E-state index >= 15 is 0 Å². The average molecular weight is 559 g/mol. The van der Waals surface area contributed by atoms with E-state index in [2.05, 4.69) is 40.9 Å². The molecule has 212 valence electrons. The van der Waals surface area contributed by atoms with Crippen molar-refractivity contribution >= 4 is 28.6 Å². The number of carbonyl (C=O) groups is 1. The second-order valence-electron chi connectivity index (χ2n) is 10.5. The van der Waals surface area contributed by atoms with Crippen LogP contribution in [0.25, 0.3) is 16.9 Å². The van der Waals surface area contributed by atoms with Gasteiger partial charge in [-0.25, -0.2) is 24.0 Å². The van der Waals surface area contributed by atoms with Gasteiger partial charge in [-0.3, -0.25) is 9.89 Å². The lowest BCUT2D eigenvalue weighted by atomic mass is 9.76. The number of nitrogens with one attached hydrogen (secondary N) is 4. The molecule has 1 fully saturated rings. The fourth-order valence-corrected chi connectivity index (χ4v) is 5.40. The van der Waals surface area contributed by atoms with Gasteiger partial charge in [0.2, 0.25) is 0 Å². The summed E-state index contributed by atoms with van der Waals surface area (Å²) in [5.74, 6) is 1.36. The van der Waals surface area contributed by atoms with Crippen LogP contribution in [-0.2, 0) is 9.53 Å². The lowest BCUT2D eigenvalue weighted by Gasteiger charge is -2.38. The number of carbonyl (C=O) groups excluding carboxylic acids is 1. The van der Waals surface area contributed by atoms with E-state index in [4.69, 9.17) is 9.72 Å². The van der Waals surface area contributed by atoms with E-state index in [0.717, 1.165) is 47.0 Å². The number of H-pyrrole nitrogens is 2. The Morgan fingerprint density at radius 2 is 2.05 bits per heavy atom. The molecule has 0 aromatic carbocycles. The molecule has 0 aliphatic heterocycles. The molecular weight excluding hydrogens is 527 g/mol. The number of aromatic nitrogens is 8. The van der Waals surface area contributed by atoms with E-state index in [1.54, 1.807) is 25.7 Å². The predicted octanol–water partition coefficient (Wildman–Crippen LogP) is 4.37. The van der Waals surface area contributed by atoms with Gasteiger partial charge in [-0.05, 0) is 57.2 Å². The van der Waals surface area contributed by atoms with Gasteiger partial charge in [-0.15, -0.1) is 0 Å². The third-order valence-electron chi connectivity index (χ3n) is 7.80. The van der Waals surface area contributed by atoms with Crippen molar-refractivity contribution in [3.05, 3.63) is 72.0 Å². The summed E-state index contributed by atoms with van der Waals surface area (Å²) in [5, 5.41) is 17.5. The highest BCUT2D eigenvalue weighted by atomic mass is 19.1. The second kappa shape index (κ2) is 10.7. The summed E-state index contributed by atoms with van der Waals surface area (Å²) in [6.45, 7) is 3.84. The van der Waals surface area contributed by atoms with Gasteiger partial charge in [0.1, 0.15) is 11.1 Å². The number of ether oxygens (including phenoxy) is 1. The van der Waals surface area contributed by atoms with Crippen molar-refractivity contribution in [3.63, 3.8) is 0 Å². The molecule has 1 aliphatic rings. The lowest BCUT2D eigenvalue weighted by molar-refractivity contribution is -0.148. The van der Waals surface area contributed by atoms with E-state index < -0.39 is 11.4 Å². The summed E-state index contributed by atoms with van der Waals surface area (Å²) >= 11 is 0. The zero-order chi connectivity index (χ0) is 28.6. The molecule has 1 saturated carbocycles. The van der Waals surface area contributed by atoms with Gasteiger partial charge in [-0.2, -0.15) is 10.2 Å². The Bertz CT molecular complexity index is 1670. The molecular formula is C28H31FN10O2. The fourth-order valence-electron chi connectivity index (χ4n) is 5.40. The van der Waals surface area contributed by atoms with Crippen LogP contribution in [0.5, 0.6) is 0 Å². The first-order chi connectivity index (χ1) is 19.8. The number of fused-ring (bicyclic) bond motifs is 1. The summed E-state index contributed by atoms with van der Waals surface area (Å²) in [6, 6.07) is 7.22. The Balaban J connectivity index is 1.13. The number of halogens is 1. The predicted molar refractivity (Wildman–Crippen MR) is 149 cm³/mol. The van der Waals surface area contributed by atoms with Crippen molar-refractivity contribution in [1.29, 1.82) is 0 Å². The third kappa shape index (κ3) is 5.27. The number of hydrogen-bond donors (Lipinski definition) is 4. The maximum Gasteiger partial charge on any atom is 0.252 e. The molecule has 5 aromatic heterocycles. The number of amides is 1. The van der Waals surface area contributed by atoms with Gasteiger partial charge >= 0.3 is 0 Å². The monoisotopic (exact) mass is 558 g/mol. The van der Waals surface area contributed by atoms with E-state index in [9.17, 15) is 9.18 Å². The summed E-state index contributed by atoms with van der Waals surface area (Å²) in [6.07, 6.45) is 8.27. The molecule has 13 heteroatoms. The Kier molecular flexibility index (Phi) is 6.95. The van der Waals surface area contributed by atoms with Crippen molar-refractivity contribution in [2.75, 3.05) is 12.4 Å². The van der Waals surface area contributed by atoms with Crippen molar-refractivity contribution < 1.29 is 13.9 Å². The standard InChI is InChI=1S/C28H31FN10O2/c1-16-10-23(38-37-16)36-26-25-22(31-15-32-25)11-21(35-26)18-6-8-28(41-3,9-7-18)27(40)34-17(2)19-4-5-24(30-12-19)39-14-20(29)13-33-39/h4-5,10-15,17-18H,6-9H2,1-3H3,(H,31,32)(H,34,40)(H2,35,36,37,38)/t17-,18-,28+/m0/s1. The minimum atomic E-state index is -0.934. The third-order valence-corrected chi connectivity index (χ3v) is 7.80. The van der Waals surface area contributed by atoms with Gasteiger partial charge in [0.25, 0.3) is 5.91 Å². The van der Waals surface area contributed by atoms with Crippen molar-refractivity contribution in [3.8, 4) is 5.82 Å². The number of anilines is 2. The summed E-state index contributed by atoms with van der Waals surface area (Å²) in [5.41, 5.74) is 3.38. The topological polar surface area (TPSA) is 151 Å². The highest BCUT2D eigenvalue weighted by molar-refractivity contribution is 5.88. The van der Waals surface area contributed by atoms with Gasteiger partial charge in [0, 0.05) is 36.7 Å². The lowest BCUT2D eigenvalue weighted by Crippen LogP contribution is -2.50. The van der Waals surface area contributed by atoms with E-state index in [0.29, 0.717) is 30.3 Å². The molecule has 5 aromatic rings. The fraction of sp³-hybridized carbons (Fsp3) is 0.357. The van der Waals surface area contributed by atoms with E-state index in [1.807, 2.05) is 32.0 Å². The zero-order valence-corrected chi connectivity index (χ0v) is 23.0. The van der Waals surface area contributed by atoms with E-state index in [-0.39, 0.29) is 17.9 Å². The molecule has 0 saturated heterocycles. The number of methoxy groups -OCH3 is 1. The summed E-state index contributed by atoms with van der Waals surface area (Å²) in [4.78, 5) is 30.4. The first-order valence-electron chi connectivity index (χ1n) is 13.5. The zero-order valence-electron chi connectivity index (χ0n) is 23.0. The maximum absolute atomic E-state index is 13.5. The van der Waals surface area contributed by atoms with Crippen molar-refractivity contribution in [2.45, 2.75) is 57.1 Å². The normalized spacial score (nSPS) is 19.8. The largest absolute Gasteiger partial charge is 0.368 e. The molecule has 6 rings (SSSR count). The maximum atomic E-state index is 13.5. The van der Waals surface area contributed by atoms with Crippen LogP contribution >= 0.6 is 0 Å². The molecule has 41 heavy (non-hydrogen) atoms. The molecule has 12 nitrogen and oxygen atoms in total. The van der Waals surface area contributed by atoms with Crippen LogP contribution in [-0.4, -0.2) is 58.5 Å². The summed E-state index contributed by atoms with van der Waals surface area (Å²) in [7, 11) is 1.59. The number of rotatable bonds is 8. The van der Waals surface area contributed by atoms with Crippen LogP contribution in [0.4, 0.5) is 16.0 Å². The molecule has 0 radical (unpaired) electrons. The SMILES string of the molecule is CO[C@]1(C(=O)N[C@@H](C)c2ccc(-n3cc(F)cn3)nc2)CC[C@H](c2cc3[nH]cnc3c(Nc3cc(C)[nH]n3)n2)CC1. The molecule has 5 heterocycles. The number of pyridine rings is 2. The van der Waals surface area contributed by atoms with Crippen molar-refractivity contribution in [1.82, 2.24) is 45.2 Å². The van der Waals surface area contributed by atoms with Crippen LogP contribution in [0.1, 0.15) is 61.5 Å². The molecule has 0 spiro atoms. The number of aryl methyl sites for hydroxylation is 1. The molecule has 1 atom stereocenters. The van der Waals surface area contributed by atoms with E-state index in [1.165, 1.54) is 10.9 Å². The Morgan fingerprint density at radius 1 is 1.22 bits per heavy atom. The number of imidazole rings is 1. The Hall–Kier alpha value is -4.65. The van der Waals surface area contributed by atoms with Gasteiger partial charge in [-0.1, -0.05) is 6.07 Å². The first-order valence-corrected chi connectivity index (χ1v) is 13.5. The van der Waals surface area contributed by atoms with Crippen LogP contribution in [0, 0.1) is 12.7 Å². The number of hydrogen-bond acceptors (Lipinski definition) is 8. The quantitative estimate of drug-likeness (QED) is 0.219. The molecule has 1 amide bonds. The molecule has 4 N–H and O–H groups in total. The highest BCUT2D eigenvalue weighted by Crippen LogP contribution is 2.41. The van der Waals surface area contributed by atoms with Gasteiger partial charge in [0.05, 0.1) is 30.3 Å². The number of nitrogens with zero attached hydrogens (tertiary/aromatic N) is 6. The van der Waals surface area contributed by atoms with Gasteiger partial charge < -0.3 is 20.4 Å². The minimum Gasteiger partial charge on any atom is -0.368 e.